The highest BCUT2D eigenvalue weighted by Crippen LogP contribution is 2.07. The van der Waals surface area contributed by atoms with Gasteiger partial charge in [0, 0.05) is 0 Å². The lowest BCUT2D eigenvalue weighted by Gasteiger charge is -1.97. The number of aromatic nitrogens is 3. The number of hydrogen-bond donors (Lipinski definition) is 1. The third kappa shape index (κ3) is 1.54. The summed E-state index contributed by atoms with van der Waals surface area (Å²) in [4.78, 5) is 3.76. The molecule has 6 nitrogen and oxygen atoms in total. The van der Waals surface area contributed by atoms with Crippen molar-refractivity contribution in [1.82, 2.24) is 15.2 Å². The van der Waals surface area contributed by atoms with Crippen molar-refractivity contribution in [2.24, 2.45) is 5.14 Å². The van der Waals surface area contributed by atoms with Crippen molar-refractivity contribution in [2.75, 3.05) is 0 Å². The number of sulfonamides is 1. The molecule has 0 bridgehead atoms. The molecule has 0 saturated carbocycles. The molecule has 1 heterocycles. The highest BCUT2D eigenvalue weighted by molar-refractivity contribution is 7.89. The van der Waals surface area contributed by atoms with Gasteiger partial charge in [-0.3, -0.25) is 0 Å². The van der Waals surface area contributed by atoms with Gasteiger partial charge in [0.25, 0.3) is 15.2 Å². The average molecular weight is 210 g/mol. The van der Waals surface area contributed by atoms with Crippen LogP contribution >= 0.6 is 0 Å². The van der Waals surface area contributed by atoms with Crippen molar-refractivity contribution < 1.29 is 8.42 Å². The highest BCUT2D eigenvalue weighted by atomic mass is 32.2. The molecular formula is C7H6N4O2S. The number of benzene rings is 1. The second-order valence-corrected chi connectivity index (χ2v) is 4.08. The molecule has 1 aromatic heterocycles. The van der Waals surface area contributed by atoms with Crippen LogP contribution in [0.15, 0.2) is 29.4 Å². The van der Waals surface area contributed by atoms with Crippen molar-refractivity contribution >= 4 is 21.1 Å². The zero-order valence-corrected chi connectivity index (χ0v) is 7.77. The minimum absolute atomic E-state index is 0.450. The predicted octanol–water partition coefficient (Wildman–Crippen LogP) is -0.328. The van der Waals surface area contributed by atoms with Gasteiger partial charge in [-0.2, -0.15) is 0 Å². The summed E-state index contributed by atoms with van der Waals surface area (Å²) < 4.78 is 21.8. The minimum atomic E-state index is -3.88. The van der Waals surface area contributed by atoms with Crippen LogP contribution in [0.25, 0.3) is 11.0 Å². The summed E-state index contributed by atoms with van der Waals surface area (Å²) >= 11 is 0. The summed E-state index contributed by atoms with van der Waals surface area (Å²) in [6.45, 7) is 0. The monoisotopic (exact) mass is 210 g/mol. The van der Waals surface area contributed by atoms with Crippen LogP contribution in [0.5, 0.6) is 0 Å². The molecule has 0 aliphatic rings. The number of fused-ring (bicyclic) bond motifs is 1. The van der Waals surface area contributed by atoms with E-state index in [1.165, 1.54) is 0 Å². The standard InChI is InChI=1S/C7H6N4O2S/c8-14(12,13)7-9-5-3-1-2-4-6(5)10-11-7/h1-4H,(H2,8,12,13). The van der Waals surface area contributed by atoms with E-state index >= 15 is 0 Å². The molecule has 0 spiro atoms. The Morgan fingerprint density at radius 1 is 1.07 bits per heavy atom. The Labute approximate surface area is 79.8 Å². The molecule has 0 aliphatic heterocycles. The zero-order valence-electron chi connectivity index (χ0n) is 6.95. The van der Waals surface area contributed by atoms with Crippen LogP contribution in [-0.4, -0.2) is 23.6 Å². The summed E-state index contributed by atoms with van der Waals surface area (Å²) in [7, 11) is -3.88. The third-order valence-electron chi connectivity index (χ3n) is 1.60. The first-order valence-electron chi connectivity index (χ1n) is 3.69. The maximum Gasteiger partial charge on any atom is 0.283 e. The Balaban J connectivity index is 2.75. The van der Waals surface area contributed by atoms with Crippen LogP contribution in [-0.2, 0) is 10.0 Å². The minimum Gasteiger partial charge on any atom is -0.222 e. The van der Waals surface area contributed by atoms with Crippen LogP contribution in [0, 0.1) is 0 Å². The first-order valence-corrected chi connectivity index (χ1v) is 5.24. The van der Waals surface area contributed by atoms with E-state index < -0.39 is 15.2 Å². The van der Waals surface area contributed by atoms with Gasteiger partial charge in [-0.15, -0.1) is 10.2 Å². The molecule has 0 unspecified atom stereocenters. The molecule has 0 atom stereocenters. The number of nitrogens with two attached hydrogens (primary N) is 1. The first-order chi connectivity index (χ1) is 6.57. The lowest BCUT2D eigenvalue weighted by molar-refractivity contribution is 0.586. The van der Waals surface area contributed by atoms with Crippen molar-refractivity contribution in [3.05, 3.63) is 24.3 Å². The zero-order chi connectivity index (χ0) is 10.2. The molecule has 14 heavy (non-hydrogen) atoms. The lowest BCUT2D eigenvalue weighted by atomic mass is 10.3. The Morgan fingerprint density at radius 2 is 1.71 bits per heavy atom. The summed E-state index contributed by atoms with van der Waals surface area (Å²) in [5, 5.41) is 11.5. The number of hydrogen-bond acceptors (Lipinski definition) is 5. The molecule has 0 radical (unpaired) electrons. The molecule has 2 rings (SSSR count). The molecular weight excluding hydrogens is 204 g/mol. The van der Waals surface area contributed by atoms with E-state index in [1.54, 1.807) is 24.3 Å². The lowest BCUT2D eigenvalue weighted by Crippen LogP contribution is -2.16. The van der Waals surface area contributed by atoms with Crippen molar-refractivity contribution in [3.8, 4) is 0 Å². The van der Waals surface area contributed by atoms with Gasteiger partial charge < -0.3 is 0 Å². The summed E-state index contributed by atoms with van der Waals surface area (Å²) in [5.41, 5.74) is 0.978. The SMILES string of the molecule is NS(=O)(=O)c1nnc2ccccc2n1. The Hall–Kier alpha value is -1.60. The fourth-order valence-corrected chi connectivity index (χ4v) is 1.37. The van der Waals surface area contributed by atoms with E-state index in [0.29, 0.717) is 11.0 Å². The van der Waals surface area contributed by atoms with Gasteiger partial charge in [0.15, 0.2) is 0 Å². The van der Waals surface area contributed by atoms with E-state index in [0.717, 1.165) is 0 Å². The van der Waals surface area contributed by atoms with Crippen LogP contribution in [0.2, 0.25) is 0 Å². The maximum absolute atomic E-state index is 10.9. The number of para-hydroxylation sites is 1. The van der Waals surface area contributed by atoms with Crippen LogP contribution < -0.4 is 5.14 Å². The topological polar surface area (TPSA) is 98.8 Å². The molecule has 2 aromatic rings. The van der Waals surface area contributed by atoms with Gasteiger partial charge in [0.05, 0.1) is 5.52 Å². The first kappa shape index (κ1) is 8.97. The second-order valence-electron chi connectivity index (χ2n) is 2.63. The molecule has 0 saturated heterocycles. The van der Waals surface area contributed by atoms with E-state index in [1.807, 2.05) is 0 Å². The Morgan fingerprint density at radius 3 is 2.36 bits per heavy atom. The normalized spacial score (nSPS) is 11.8. The number of primary sulfonamides is 1. The van der Waals surface area contributed by atoms with E-state index in [9.17, 15) is 8.42 Å². The molecule has 0 fully saturated rings. The maximum atomic E-state index is 10.9. The molecule has 0 amide bonds. The van der Waals surface area contributed by atoms with Crippen molar-refractivity contribution in [2.45, 2.75) is 5.16 Å². The van der Waals surface area contributed by atoms with E-state index in [4.69, 9.17) is 5.14 Å². The number of rotatable bonds is 1. The van der Waals surface area contributed by atoms with Crippen molar-refractivity contribution in [1.29, 1.82) is 0 Å². The Bertz CT molecular complexity index is 581. The van der Waals surface area contributed by atoms with Gasteiger partial charge in [-0.05, 0) is 12.1 Å². The van der Waals surface area contributed by atoms with Gasteiger partial charge in [0.1, 0.15) is 5.52 Å². The highest BCUT2D eigenvalue weighted by Gasteiger charge is 2.12. The van der Waals surface area contributed by atoms with Gasteiger partial charge in [-0.25, -0.2) is 18.5 Å². The number of nitrogens with zero attached hydrogens (tertiary/aromatic N) is 3. The van der Waals surface area contributed by atoms with E-state index in [2.05, 4.69) is 15.2 Å². The van der Waals surface area contributed by atoms with Crippen LogP contribution in [0.4, 0.5) is 0 Å². The van der Waals surface area contributed by atoms with Gasteiger partial charge in [-0.1, -0.05) is 12.1 Å². The largest absolute Gasteiger partial charge is 0.283 e. The second kappa shape index (κ2) is 2.96. The summed E-state index contributed by atoms with van der Waals surface area (Å²) in [6, 6.07) is 6.81. The molecule has 2 N–H and O–H groups in total. The van der Waals surface area contributed by atoms with Gasteiger partial charge >= 0.3 is 0 Å². The Kier molecular flexibility index (Phi) is 1.90. The fraction of sp³-hybridized carbons (Fsp3) is 0. The smallest absolute Gasteiger partial charge is 0.222 e. The third-order valence-corrected chi connectivity index (χ3v) is 2.28. The summed E-state index contributed by atoms with van der Waals surface area (Å²) in [5.74, 6) is 0. The van der Waals surface area contributed by atoms with Gasteiger partial charge in [0.2, 0.25) is 0 Å². The van der Waals surface area contributed by atoms with E-state index in [-0.39, 0.29) is 0 Å². The van der Waals surface area contributed by atoms with Crippen LogP contribution in [0.3, 0.4) is 0 Å². The van der Waals surface area contributed by atoms with Crippen molar-refractivity contribution in [3.63, 3.8) is 0 Å². The van der Waals surface area contributed by atoms with Crippen LogP contribution in [0.1, 0.15) is 0 Å². The summed E-state index contributed by atoms with van der Waals surface area (Å²) in [6.07, 6.45) is 0. The molecule has 1 aromatic carbocycles. The molecule has 72 valence electrons. The predicted molar refractivity (Wildman–Crippen MR) is 48.7 cm³/mol. The molecule has 0 aliphatic carbocycles. The molecule has 7 heteroatoms. The average Bonchev–Trinajstić information content (AvgIpc) is 2.16. The fourth-order valence-electron chi connectivity index (χ4n) is 0.986. The quantitative estimate of drug-likeness (QED) is 0.694.